The lowest BCUT2D eigenvalue weighted by Crippen LogP contribution is -2.25. The van der Waals surface area contributed by atoms with Crippen molar-refractivity contribution in [3.8, 4) is 0 Å². The fourth-order valence-electron chi connectivity index (χ4n) is 2.42. The minimum atomic E-state index is -0.643. The van der Waals surface area contributed by atoms with Crippen molar-refractivity contribution in [3.63, 3.8) is 0 Å². The third kappa shape index (κ3) is 4.85. The Morgan fingerprint density at radius 3 is 2.19 bits per heavy atom. The topological polar surface area (TPSA) is 81.4 Å². The van der Waals surface area contributed by atoms with Crippen molar-refractivity contribution < 1.29 is 14.3 Å². The molecule has 0 aliphatic heterocycles. The molecule has 138 valence electrons. The van der Waals surface area contributed by atoms with Gasteiger partial charge in [-0.05, 0) is 56.5 Å². The summed E-state index contributed by atoms with van der Waals surface area (Å²) in [6.45, 7) is 9.53. The highest BCUT2D eigenvalue weighted by atomic mass is 16.6. The number of carbonyl (C=O) groups excluding carboxylic acids is 2. The van der Waals surface area contributed by atoms with Gasteiger partial charge in [0.05, 0.1) is 16.9 Å². The number of nitrogen functional groups attached to an aromatic ring is 1. The Morgan fingerprint density at radius 2 is 1.65 bits per heavy atom. The number of hydrogen-bond acceptors (Lipinski definition) is 4. The monoisotopic (exact) mass is 354 g/mol. The summed E-state index contributed by atoms with van der Waals surface area (Å²) in [5, 5.41) is 2.75. The maximum atomic E-state index is 12.6. The average Bonchev–Trinajstić information content (AvgIpc) is 2.55. The molecular formula is C21H26N2O3. The summed E-state index contributed by atoms with van der Waals surface area (Å²) in [5.74, 6) is -0.478. The normalized spacial score (nSPS) is 11.3. The Balaban J connectivity index is 2.28. The van der Waals surface area contributed by atoms with Crippen LogP contribution in [0, 0.1) is 0 Å². The Bertz CT molecular complexity index is 803. The molecule has 0 radical (unpaired) electrons. The minimum absolute atomic E-state index is 0.229. The Morgan fingerprint density at radius 1 is 1.04 bits per heavy atom. The summed E-state index contributed by atoms with van der Waals surface area (Å²) in [7, 11) is 0. The highest BCUT2D eigenvalue weighted by Crippen LogP contribution is 2.26. The Labute approximate surface area is 154 Å². The predicted molar refractivity (Wildman–Crippen MR) is 105 cm³/mol. The van der Waals surface area contributed by atoms with Gasteiger partial charge in [0.1, 0.15) is 5.60 Å². The molecule has 0 atom stereocenters. The maximum absolute atomic E-state index is 12.6. The first kappa shape index (κ1) is 19.5. The number of para-hydroxylation sites is 1. The lowest BCUT2D eigenvalue weighted by molar-refractivity contribution is 0.00708. The summed E-state index contributed by atoms with van der Waals surface area (Å²) in [6, 6.07) is 12.2. The van der Waals surface area contributed by atoms with Crippen LogP contribution in [0.1, 0.15) is 66.8 Å². The van der Waals surface area contributed by atoms with Crippen LogP contribution in [-0.4, -0.2) is 17.5 Å². The van der Waals surface area contributed by atoms with Gasteiger partial charge >= 0.3 is 5.97 Å². The van der Waals surface area contributed by atoms with Crippen molar-refractivity contribution in [3.05, 3.63) is 59.2 Å². The van der Waals surface area contributed by atoms with E-state index in [-0.39, 0.29) is 17.2 Å². The maximum Gasteiger partial charge on any atom is 0.340 e. The van der Waals surface area contributed by atoms with E-state index in [0.29, 0.717) is 17.2 Å². The summed E-state index contributed by atoms with van der Waals surface area (Å²) < 4.78 is 5.40. The number of carbonyl (C=O) groups is 2. The van der Waals surface area contributed by atoms with Crippen LogP contribution in [0.5, 0.6) is 0 Å². The number of amides is 1. The molecule has 5 nitrogen and oxygen atoms in total. The second-order valence-corrected chi connectivity index (χ2v) is 7.50. The number of rotatable bonds is 4. The van der Waals surface area contributed by atoms with Gasteiger partial charge in [-0.2, -0.15) is 0 Å². The number of nitrogens with two attached hydrogens (primary N) is 1. The molecule has 0 aromatic heterocycles. The first-order valence-electron chi connectivity index (χ1n) is 8.61. The molecule has 3 N–H and O–H groups in total. The second-order valence-electron chi connectivity index (χ2n) is 7.50. The van der Waals surface area contributed by atoms with Crippen molar-refractivity contribution in [1.29, 1.82) is 0 Å². The van der Waals surface area contributed by atoms with E-state index in [1.165, 1.54) is 0 Å². The molecule has 0 fully saturated rings. The molecule has 0 aliphatic rings. The minimum Gasteiger partial charge on any atom is -0.456 e. The van der Waals surface area contributed by atoms with E-state index >= 15 is 0 Å². The van der Waals surface area contributed by atoms with Crippen LogP contribution < -0.4 is 11.1 Å². The van der Waals surface area contributed by atoms with Crippen LogP contribution in [0.15, 0.2) is 42.5 Å². The van der Waals surface area contributed by atoms with E-state index in [1.54, 1.807) is 51.1 Å². The summed E-state index contributed by atoms with van der Waals surface area (Å²) in [4.78, 5) is 25.0. The Hall–Kier alpha value is -2.82. The summed E-state index contributed by atoms with van der Waals surface area (Å²) in [6.07, 6.45) is 0. The number of ether oxygens (including phenoxy) is 1. The summed E-state index contributed by atoms with van der Waals surface area (Å²) >= 11 is 0. The fourth-order valence-corrected chi connectivity index (χ4v) is 2.42. The largest absolute Gasteiger partial charge is 0.456 e. The van der Waals surface area contributed by atoms with Gasteiger partial charge in [-0.1, -0.05) is 32.0 Å². The number of nitrogens with one attached hydrogen (secondary N) is 1. The zero-order valence-electron chi connectivity index (χ0n) is 15.9. The van der Waals surface area contributed by atoms with Gasteiger partial charge in [-0.15, -0.1) is 0 Å². The van der Waals surface area contributed by atoms with Gasteiger partial charge in [0.25, 0.3) is 5.91 Å². The van der Waals surface area contributed by atoms with E-state index < -0.39 is 11.6 Å². The third-order valence-corrected chi connectivity index (χ3v) is 3.79. The van der Waals surface area contributed by atoms with E-state index in [0.717, 1.165) is 5.56 Å². The average molecular weight is 354 g/mol. The van der Waals surface area contributed by atoms with Gasteiger partial charge in [0, 0.05) is 5.56 Å². The van der Waals surface area contributed by atoms with E-state index in [9.17, 15) is 9.59 Å². The molecule has 2 aromatic carbocycles. The second kappa shape index (κ2) is 7.60. The number of hydrogen-bond donors (Lipinski definition) is 2. The molecule has 0 bridgehead atoms. The molecule has 0 saturated heterocycles. The first-order chi connectivity index (χ1) is 12.1. The highest BCUT2D eigenvalue weighted by Gasteiger charge is 2.22. The van der Waals surface area contributed by atoms with Crippen LogP contribution >= 0.6 is 0 Å². The van der Waals surface area contributed by atoms with Crippen LogP contribution in [0.25, 0.3) is 0 Å². The van der Waals surface area contributed by atoms with Crippen molar-refractivity contribution in [2.45, 2.75) is 46.1 Å². The molecule has 0 heterocycles. The lowest BCUT2D eigenvalue weighted by atomic mass is 10.0. The van der Waals surface area contributed by atoms with Crippen molar-refractivity contribution in [2.75, 3.05) is 11.1 Å². The predicted octanol–water partition coefficient (Wildman–Crippen LogP) is 4.60. The molecule has 26 heavy (non-hydrogen) atoms. The molecule has 0 spiro atoms. The molecule has 1 amide bonds. The van der Waals surface area contributed by atoms with Crippen LogP contribution in [0.2, 0.25) is 0 Å². The third-order valence-electron chi connectivity index (χ3n) is 3.79. The first-order valence-corrected chi connectivity index (χ1v) is 8.61. The molecular weight excluding hydrogens is 328 g/mol. The SMILES string of the molecule is CC(C)c1ccc(C(=O)Nc2c(N)cccc2C(=O)OC(C)(C)C)cc1. The van der Waals surface area contributed by atoms with Crippen LogP contribution in [-0.2, 0) is 4.74 Å². The van der Waals surface area contributed by atoms with E-state index in [4.69, 9.17) is 10.5 Å². The Kier molecular flexibility index (Phi) is 5.70. The molecule has 2 rings (SSSR count). The van der Waals surface area contributed by atoms with Gasteiger partial charge in [0.2, 0.25) is 0 Å². The van der Waals surface area contributed by atoms with E-state index in [2.05, 4.69) is 19.2 Å². The lowest BCUT2D eigenvalue weighted by Gasteiger charge is -2.21. The van der Waals surface area contributed by atoms with Gasteiger partial charge < -0.3 is 15.8 Å². The standard InChI is InChI=1S/C21H26N2O3/c1-13(2)14-9-11-15(12-10-14)19(24)23-18-16(7-6-8-17(18)22)20(25)26-21(3,4)5/h6-13H,22H2,1-5H3,(H,23,24). The fraction of sp³-hybridized carbons (Fsp3) is 0.333. The number of esters is 1. The van der Waals surface area contributed by atoms with Gasteiger partial charge in [-0.3, -0.25) is 4.79 Å². The highest BCUT2D eigenvalue weighted by molar-refractivity contribution is 6.10. The van der Waals surface area contributed by atoms with Crippen molar-refractivity contribution in [1.82, 2.24) is 0 Å². The summed E-state index contributed by atoms with van der Waals surface area (Å²) in [5.41, 5.74) is 7.79. The zero-order valence-corrected chi connectivity index (χ0v) is 15.9. The molecule has 0 saturated carbocycles. The van der Waals surface area contributed by atoms with E-state index in [1.807, 2.05) is 12.1 Å². The molecule has 0 aliphatic carbocycles. The quantitative estimate of drug-likeness (QED) is 0.621. The smallest absolute Gasteiger partial charge is 0.340 e. The molecule has 5 heteroatoms. The molecule has 2 aromatic rings. The van der Waals surface area contributed by atoms with Crippen LogP contribution in [0.4, 0.5) is 11.4 Å². The number of benzene rings is 2. The van der Waals surface area contributed by atoms with Gasteiger partial charge in [-0.25, -0.2) is 4.79 Å². The van der Waals surface area contributed by atoms with Gasteiger partial charge in [0.15, 0.2) is 0 Å². The van der Waals surface area contributed by atoms with Crippen molar-refractivity contribution in [2.24, 2.45) is 0 Å². The number of anilines is 2. The zero-order chi connectivity index (χ0) is 19.5. The van der Waals surface area contributed by atoms with Crippen LogP contribution in [0.3, 0.4) is 0 Å². The molecule has 0 unspecified atom stereocenters. The van der Waals surface area contributed by atoms with Crippen molar-refractivity contribution >= 4 is 23.3 Å².